The molecule has 0 radical (unpaired) electrons. The van der Waals surface area contributed by atoms with E-state index >= 15 is 0 Å². The molecule has 0 spiro atoms. The Morgan fingerprint density at radius 3 is 0.862 bits per heavy atom. The lowest BCUT2D eigenvalue weighted by Crippen LogP contribution is -2.55. The van der Waals surface area contributed by atoms with Gasteiger partial charge in [0.1, 0.15) is 34.5 Å². The summed E-state index contributed by atoms with van der Waals surface area (Å²) in [5, 5.41) is 0. The second kappa shape index (κ2) is 9.22. The zero-order valence-corrected chi connectivity index (χ0v) is 17.3. The minimum Gasteiger partial charge on any atom is -0.497 e. The summed E-state index contributed by atoms with van der Waals surface area (Å²) in [6, 6.07) is 20.2. The predicted octanol–water partition coefficient (Wildman–Crippen LogP) is 3.68. The summed E-state index contributed by atoms with van der Waals surface area (Å²) in [4.78, 5) is 11.1. The van der Waals surface area contributed by atoms with Gasteiger partial charge in [0.15, 0.2) is 0 Å². The van der Waals surface area contributed by atoms with Crippen LogP contribution in [0.4, 0.5) is 0 Å². The fraction of sp³-hybridized carbons (Fsp3) is 0.143. The van der Waals surface area contributed by atoms with Crippen LogP contribution in [0.25, 0.3) is 0 Å². The maximum Gasteiger partial charge on any atom is 0.890 e. The van der Waals surface area contributed by atoms with E-state index in [1.807, 2.05) is 0 Å². The summed E-state index contributed by atoms with van der Waals surface area (Å²) >= 11 is 0. The molecular formula is C21H22O7Si. The first-order valence-electron chi connectivity index (χ1n) is 8.75. The van der Waals surface area contributed by atoms with Gasteiger partial charge in [-0.15, -0.1) is 0 Å². The van der Waals surface area contributed by atoms with Gasteiger partial charge in [-0.3, -0.25) is 0 Å². The van der Waals surface area contributed by atoms with E-state index in [9.17, 15) is 4.80 Å². The average Bonchev–Trinajstić information content (AvgIpc) is 2.75. The van der Waals surface area contributed by atoms with Crippen LogP contribution in [0.3, 0.4) is 0 Å². The Balaban J connectivity index is 1.84. The van der Waals surface area contributed by atoms with Crippen molar-refractivity contribution in [3.8, 4) is 34.5 Å². The second-order valence-corrected chi connectivity index (χ2v) is 7.52. The Hall–Kier alpha value is -3.36. The first-order chi connectivity index (χ1) is 14.0. The molecular weight excluding hydrogens is 392 g/mol. The lowest BCUT2D eigenvalue weighted by atomic mass is 10.3. The normalized spacial score (nSPS) is 10.8. The molecule has 3 aromatic rings. The van der Waals surface area contributed by atoms with Gasteiger partial charge in [0.2, 0.25) is 0 Å². The molecule has 3 rings (SSSR count). The van der Waals surface area contributed by atoms with Crippen molar-refractivity contribution < 1.29 is 32.3 Å². The van der Waals surface area contributed by atoms with E-state index < -0.39 is 9.05 Å². The summed E-state index contributed by atoms with van der Waals surface area (Å²) in [5.74, 6) is 3.12. The quantitative estimate of drug-likeness (QED) is 0.535. The molecule has 0 heterocycles. The molecule has 0 unspecified atom stereocenters. The minimum atomic E-state index is -4.18. The van der Waals surface area contributed by atoms with E-state index in [2.05, 4.69) is 0 Å². The monoisotopic (exact) mass is 414 g/mol. The molecule has 0 aliphatic heterocycles. The smallest absolute Gasteiger partial charge is 0.497 e. The number of rotatable bonds is 9. The van der Waals surface area contributed by atoms with E-state index in [0.29, 0.717) is 34.5 Å². The number of hydrogen-bond acceptors (Lipinski definition) is 7. The van der Waals surface area contributed by atoms with Crippen molar-refractivity contribution in [2.75, 3.05) is 21.3 Å². The van der Waals surface area contributed by atoms with Gasteiger partial charge in [-0.05, 0) is 72.8 Å². The van der Waals surface area contributed by atoms with Gasteiger partial charge in [-0.25, -0.2) is 0 Å². The van der Waals surface area contributed by atoms with Gasteiger partial charge in [-0.2, -0.15) is 0 Å². The molecule has 0 bridgehead atoms. The van der Waals surface area contributed by atoms with E-state index in [0.717, 1.165) is 0 Å². The van der Waals surface area contributed by atoms with Crippen molar-refractivity contribution in [3.05, 3.63) is 72.8 Å². The van der Waals surface area contributed by atoms with Crippen LogP contribution in [0.5, 0.6) is 34.5 Å². The molecule has 0 fully saturated rings. The third-order valence-corrected chi connectivity index (χ3v) is 5.40. The highest BCUT2D eigenvalue weighted by Gasteiger charge is 2.50. The topological polar surface area (TPSA) is 75.6 Å². The minimum absolute atomic E-state index is 0.377. The number of methoxy groups -OCH3 is 3. The number of ether oxygens (including phenoxy) is 3. The fourth-order valence-electron chi connectivity index (χ4n) is 2.44. The van der Waals surface area contributed by atoms with Gasteiger partial charge < -0.3 is 32.3 Å². The standard InChI is InChI=1S/C21H22O7Si/c1-23-16-4-10-19(11-5-16)26-29(22,27-20-12-6-17(24-2)7-13-20)28-21-14-8-18(25-3)9-15-21/h4-15,22H,1-3H3. The van der Waals surface area contributed by atoms with Crippen LogP contribution in [0.15, 0.2) is 72.8 Å². The Bertz CT molecular complexity index is 775. The third-order valence-electron chi connectivity index (χ3n) is 3.92. The largest absolute Gasteiger partial charge is 0.890 e. The van der Waals surface area contributed by atoms with E-state index in [1.54, 1.807) is 94.1 Å². The lowest BCUT2D eigenvalue weighted by Gasteiger charge is -2.24. The van der Waals surface area contributed by atoms with Crippen molar-refractivity contribution in [1.82, 2.24) is 0 Å². The number of benzene rings is 3. The van der Waals surface area contributed by atoms with Gasteiger partial charge >= 0.3 is 9.05 Å². The van der Waals surface area contributed by atoms with Crippen molar-refractivity contribution in [1.29, 1.82) is 0 Å². The van der Waals surface area contributed by atoms with Crippen molar-refractivity contribution in [2.45, 2.75) is 0 Å². The maximum atomic E-state index is 11.1. The molecule has 0 aromatic heterocycles. The van der Waals surface area contributed by atoms with E-state index in [4.69, 9.17) is 27.5 Å². The van der Waals surface area contributed by atoms with Crippen LogP contribution in [-0.4, -0.2) is 35.2 Å². The SMILES string of the molecule is COc1ccc(O[Si](O)(Oc2ccc(OC)cc2)Oc2ccc(OC)cc2)cc1. The summed E-state index contributed by atoms with van der Waals surface area (Å²) in [7, 11) is 0.533. The van der Waals surface area contributed by atoms with Crippen LogP contribution < -0.4 is 27.5 Å². The van der Waals surface area contributed by atoms with Crippen molar-refractivity contribution in [3.63, 3.8) is 0 Å². The molecule has 0 aliphatic carbocycles. The van der Waals surface area contributed by atoms with Crippen LogP contribution in [0.2, 0.25) is 0 Å². The molecule has 8 heteroatoms. The molecule has 1 N–H and O–H groups in total. The molecule has 0 aliphatic rings. The highest BCUT2D eigenvalue weighted by atomic mass is 28.4. The molecule has 152 valence electrons. The zero-order valence-electron chi connectivity index (χ0n) is 16.3. The maximum absolute atomic E-state index is 11.1. The van der Waals surface area contributed by atoms with Crippen LogP contribution in [-0.2, 0) is 0 Å². The van der Waals surface area contributed by atoms with Gasteiger partial charge in [0.25, 0.3) is 0 Å². The molecule has 0 saturated carbocycles. The summed E-state index contributed by atoms with van der Waals surface area (Å²) in [6.07, 6.45) is 0. The third kappa shape index (κ3) is 5.56. The molecule has 0 atom stereocenters. The average molecular weight is 414 g/mol. The van der Waals surface area contributed by atoms with E-state index in [1.165, 1.54) is 0 Å². The second-order valence-electron chi connectivity index (χ2n) is 5.86. The molecule has 3 aromatic carbocycles. The molecule has 7 nitrogen and oxygen atoms in total. The van der Waals surface area contributed by atoms with Crippen LogP contribution in [0, 0.1) is 0 Å². The number of hydrogen-bond donors (Lipinski definition) is 1. The van der Waals surface area contributed by atoms with Crippen LogP contribution in [0.1, 0.15) is 0 Å². The molecule has 29 heavy (non-hydrogen) atoms. The van der Waals surface area contributed by atoms with Crippen molar-refractivity contribution in [2.24, 2.45) is 0 Å². The van der Waals surface area contributed by atoms with Gasteiger partial charge in [-0.1, -0.05) is 0 Å². The summed E-state index contributed by atoms with van der Waals surface area (Å²) in [6.45, 7) is 0. The Morgan fingerprint density at radius 2 is 0.655 bits per heavy atom. The fourth-order valence-corrected chi connectivity index (χ4v) is 3.87. The molecule has 0 saturated heterocycles. The Labute approximate surface area is 170 Å². The van der Waals surface area contributed by atoms with Gasteiger partial charge in [0, 0.05) is 0 Å². The van der Waals surface area contributed by atoms with Gasteiger partial charge in [0.05, 0.1) is 21.3 Å². The zero-order chi connectivity index (χ0) is 20.7. The van der Waals surface area contributed by atoms with Crippen molar-refractivity contribution >= 4 is 9.05 Å². The first-order valence-corrected chi connectivity index (χ1v) is 10.4. The van der Waals surface area contributed by atoms with E-state index in [-0.39, 0.29) is 0 Å². The lowest BCUT2D eigenvalue weighted by molar-refractivity contribution is 0.150. The Kier molecular flexibility index (Phi) is 6.48. The summed E-state index contributed by atoms with van der Waals surface area (Å²) in [5.41, 5.74) is 0. The molecule has 0 amide bonds. The highest BCUT2D eigenvalue weighted by Crippen LogP contribution is 2.26. The van der Waals surface area contributed by atoms with Crippen LogP contribution >= 0.6 is 0 Å². The predicted molar refractivity (Wildman–Crippen MR) is 109 cm³/mol. The summed E-state index contributed by atoms with van der Waals surface area (Å²) < 4.78 is 32.7. The first kappa shape index (κ1) is 20.4. The highest BCUT2D eigenvalue weighted by molar-refractivity contribution is 6.54. The Morgan fingerprint density at radius 1 is 0.448 bits per heavy atom.